The summed E-state index contributed by atoms with van der Waals surface area (Å²) < 4.78 is 22.9. The van der Waals surface area contributed by atoms with Gasteiger partial charge in [-0.1, -0.05) is 20.8 Å². The fourth-order valence-corrected chi connectivity index (χ4v) is 8.06. The van der Waals surface area contributed by atoms with Crippen LogP contribution in [0.5, 0.6) is 0 Å². The van der Waals surface area contributed by atoms with E-state index in [1.54, 1.807) is 0 Å². The number of aliphatic hydroxyl groups is 2. The second kappa shape index (κ2) is 4.48. The number of rotatable bonds is 0. The zero-order valence-corrected chi connectivity index (χ0v) is 16.6. The van der Waals surface area contributed by atoms with Crippen molar-refractivity contribution < 1.29 is 43.5 Å². The van der Waals surface area contributed by atoms with Crippen LogP contribution in [0.15, 0.2) is 0 Å². The maximum atomic E-state index is 13.3. The molecule has 4 unspecified atom stereocenters. The Morgan fingerprint density at radius 1 is 1.03 bits per heavy atom. The Kier molecular flexibility index (Phi) is 2.79. The molecule has 0 amide bonds. The lowest BCUT2D eigenvalue weighted by Crippen LogP contribution is -2.66. The van der Waals surface area contributed by atoms with Crippen molar-refractivity contribution >= 4 is 17.9 Å². The van der Waals surface area contributed by atoms with Gasteiger partial charge in [0, 0.05) is 6.42 Å². The van der Waals surface area contributed by atoms with Crippen molar-refractivity contribution in [1.29, 1.82) is 0 Å². The van der Waals surface area contributed by atoms with E-state index in [1.807, 2.05) is 20.8 Å². The Hall–Kier alpha value is -1.71. The van der Waals surface area contributed by atoms with Gasteiger partial charge in [0.1, 0.15) is 12.2 Å². The van der Waals surface area contributed by atoms with Crippen molar-refractivity contribution in [3.05, 3.63) is 0 Å². The molecular formula is C20H24O9. The third kappa shape index (κ3) is 1.35. The second-order valence-corrected chi connectivity index (χ2v) is 10.6. The SMILES string of the molecule is C[C@@H]1C(=O)O[C@@H]2CC34[C@H]5CC(C(C)(C)C)C36[C@H](OC(=O)[C@@H]6O)OC4(C(=O)O5)[C@@]12O. The third-order valence-electron chi connectivity index (χ3n) is 8.97. The fourth-order valence-electron chi connectivity index (χ4n) is 8.06. The van der Waals surface area contributed by atoms with Crippen molar-refractivity contribution in [2.75, 3.05) is 0 Å². The van der Waals surface area contributed by atoms with E-state index in [0.717, 1.165) is 0 Å². The van der Waals surface area contributed by atoms with Gasteiger partial charge in [0.2, 0.25) is 11.9 Å². The first-order chi connectivity index (χ1) is 13.4. The van der Waals surface area contributed by atoms with Gasteiger partial charge in [0.05, 0.1) is 16.7 Å². The Bertz CT molecular complexity index is 893. The van der Waals surface area contributed by atoms with Crippen LogP contribution in [-0.4, -0.2) is 63.9 Å². The highest BCUT2D eigenvalue weighted by atomic mass is 16.8. The Morgan fingerprint density at radius 2 is 1.72 bits per heavy atom. The molecule has 4 heterocycles. The zero-order chi connectivity index (χ0) is 20.9. The molecule has 158 valence electrons. The third-order valence-corrected chi connectivity index (χ3v) is 8.97. The molecule has 9 heteroatoms. The molecule has 0 aromatic rings. The zero-order valence-electron chi connectivity index (χ0n) is 16.6. The molecule has 29 heavy (non-hydrogen) atoms. The van der Waals surface area contributed by atoms with E-state index in [0.29, 0.717) is 6.42 Å². The molecule has 4 saturated heterocycles. The summed E-state index contributed by atoms with van der Waals surface area (Å²) in [6.45, 7) is 7.47. The van der Waals surface area contributed by atoms with E-state index < -0.39 is 70.5 Å². The van der Waals surface area contributed by atoms with Gasteiger partial charge in [-0.05, 0) is 24.7 Å². The molecule has 6 rings (SSSR count). The minimum Gasteiger partial charge on any atom is -0.459 e. The lowest BCUT2D eigenvalue weighted by molar-refractivity contribution is -0.238. The largest absolute Gasteiger partial charge is 0.459 e. The highest BCUT2D eigenvalue weighted by Crippen LogP contribution is 2.84. The summed E-state index contributed by atoms with van der Waals surface area (Å²) in [5.74, 6) is -3.52. The van der Waals surface area contributed by atoms with E-state index in [-0.39, 0.29) is 17.8 Å². The molecule has 0 bridgehead atoms. The molecule has 2 saturated carbocycles. The van der Waals surface area contributed by atoms with E-state index in [1.165, 1.54) is 6.92 Å². The molecule has 4 aliphatic heterocycles. The van der Waals surface area contributed by atoms with E-state index in [2.05, 4.69) is 0 Å². The molecule has 0 aromatic heterocycles. The Balaban J connectivity index is 1.68. The summed E-state index contributed by atoms with van der Waals surface area (Å²) in [6.07, 6.45) is -3.96. The summed E-state index contributed by atoms with van der Waals surface area (Å²) in [4.78, 5) is 38.1. The van der Waals surface area contributed by atoms with Crippen molar-refractivity contribution in [1.82, 2.24) is 0 Å². The summed E-state index contributed by atoms with van der Waals surface area (Å²) in [5, 5.41) is 23.0. The summed E-state index contributed by atoms with van der Waals surface area (Å²) in [6, 6.07) is 0. The number of hydrogen-bond donors (Lipinski definition) is 2. The normalized spacial score (nSPS) is 59.2. The number of aliphatic hydroxyl groups excluding tert-OH is 1. The molecule has 0 aromatic carbocycles. The van der Waals surface area contributed by atoms with Crippen LogP contribution < -0.4 is 0 Å². The van der Waals surface area contributed by atoms with Crippen molar-refractivity contribution in [3.63, 3.8) is 0 Å². The van der Waals surface area contributed by atoms with E-state index >= 15 is 0 Å². The summed E-state index contributed by atoms with van der Waals surface area (Å²) >= 11 is 0. The van der Waals surface area contributed by atoms with Crippen molar-refractivity contribution in [2.45, 2.75) is 76.3 Å². The topological polar surface area (TPSA) is 129 Å². The van der Waals surface area contributed by atoms with Gasteiger partial charge in [-0.25, -0.2) is 9.59 Å². The number of carbonyl (C=O) groups excluding carboxylic acids is 3. The fraction of sp³-hybridized carbons (Fsp3) is 0.850. The maximum Gasteiger partial charge on any atom is 0.342 e. The number of hydrogen-bond acceptors (Lipinski definition) is 9. The van der Waals surface area contributed by atoms with Crippen LogP contribution in [-0.2, 0) is 33.3 Å². The highest BCUT2D eigenvalue weighted by molar-refractivity contribution is 5.93. The predicted octanol–water partition coefficient (Wildman–Crippen LogP) is -0.340. The summed E-state index contributed by atoms with van der Waals surface area (Å²) in [7, 11) is 0. The van der Waals surface area contributed by atoms with Gasteiger partial charge < -0.3 is 29.2 Å². The van der Waals surface area contributed by atoms with Crippen LogP contribution in [0.3, 0.4) is 0 Å². The molecule has 6 aliphatic rings. The molecular weight excluding hydrogens is 384 g/mol. The first-order valence-electron chi connectivity index (χ1n) is 10.1. The lowest BCUT2D eigenvalue weighted by Gasteiger charge is -2.46. The standard InChI is InChI=1S/C20H24O9/c1-7-12(22)26-10-6-17-9-5-8(16(2,3)4)18(17)11(21)13(23)28-15(18)29-20(17,14(24)27-9)19(7,10)25/h7-11,15,21,25H,5-6H2,1-4H3/t7-,8?,9-,10-,11+,15-,17?,18?,19-,20?/m1/s1. The predicted molar refractivity (Wildman–Crippen MR) is 90.6 cm³/mol. The molecule has 2 N–H and O–H groups in total. The maximum absolute atomic E-state index is 13.3. The highest BCUT2D eigenvalue weighted by Gasteiger charge is 3.01. The van der Waals surface area contributed by atoms with E-state index in [9.17, 15) is 24.6 Å². The van der Waals surface area contributed by atoms with Crippen LogP contribution in [0.2, 0.25) is 0 Å². The second-order valence-electron chi connectivity index (χ2n) is 10.6. The first-order valence-corrected chi connectivity index (χ1v) is 10.1. The van der Waals surface area contributed by atoms with Crippen LogP contribution in [0.1, 0.15) is 40.5 Å². The molecule has 10 atom stereocenters. The van der Waals surface area contributed by atoms with Crippen LogP contribution in [0.25, 0.3) is 0 Å². The molecule has 2 aliphatic carbocycles. The molecule has 2 spiro atoms. The first kappa shape index (κ1) is 18.1. The van der Waals surface area contributed by atoms with Crippen molar-refractivity contribution in [2.24, 2.45) is 28.1 Å². The van der Waals surface area contributed by atoms with Crippen LogP contribution >= 0.6 is 0 Å². The molecule has 6 fully saturated rings. The van der Waals surface area contributed by atoms with Gasteiger partial charge >= 0.3 is 17.9 Å². The smallest absolute Gasteiger partial charge is 0.342 e. The molecule has 9 nitrogen and oxygen atoms in total. The lowest BCUT2D eigenvalue weighted by atomic mass is 9.51. The summed E-state index contributed by atoms with van der Waals surface area (Å²) in [5.41, 5.74) is -6.81. The van der Waals surface area contributed by atoms with E-state index in [4.69, 9.17) is 18.9 Å². The van der Waals surface area contributed by atoms with Gasteiger partial charge in [0.25, 0.3) is 0 Å². The van der Waals surface area contributed by atoms with Gasteiger partial charge in [0.15, 0.2) is 11.7 Å². The number of carbonyl (C=O) groups is 3. The van der Waals surface area contributed by atoms with Crippen molar-refractivity contribution in [3.8, 4) is 0 Å². The van der Waals surface area contributed by atoms with Gasteiger partial charge in [-0.15, -0.1) is 0 Å². The minimum absolute atomic E-state index is 0.0623. The van der Waals surface area contributed by atoms with Gasteiger partial charge in [-0.2, -0.15) is 0 Å². The average Bonchev–Trinajstić information content (AvgIpc) is 3.31. The Morgan fingerprint density at radius 3 is 2.38 bits per heavy atom. The number of ether oxygens (including phenoxy) is 4. The van der Waals surface area contributed by atoms with Crippen LogP contribution in [0.4, 0.5) is 0 Å². The van der Waals surface area contributed by atoms with Gasteiger partial charge in [-0.3, -0.25) is 4.79 Å². The Labute approximate surface area is 166 Å². The minimum atomic E-state index is -1.97. The number of esters is 3. The molecule has 0 radical (unpaired) electrons. The average molecular weight is 408 g/mol. The number of fused-ring (bicyclic) bond motifs is 1. The quantitative estimate of drug-likeness (QED) is 0.408. The monoisotopic (exact) mass is 408 g/mol. The van der Waals surface area contributed by atoms with Crippen LogP contribution in [0, 0.1) is 28.1 Å².